The molecule has 4 heterocycles. The number of hydrogen-bond acceptors (Lipinski definition) is 5. The van der Waals surface area contributed by atoms with E-state index in [0.29, 0.717) is 0 Å². The van der Waals surface area contributed by atoms with Gasteiger partial charge < -0.3 is 9.32 Å². The van der Waals surface area contributed by atoms with Crippen molar-refractivity contribution in [1.29, 1.82) is 0 Å². The van der Waals surface area contributed by atoms with Gasteiger partial charge in [0, 0.05) is 72.6 Å². The Bertz CT molecular complexity index is 2930. The topological polar surface area (TPSA) is 16.4 Å². The maximum Gasteiger partial charge on any atom is 0.155 e. The van der Waals surface area contributed by atoms with Gasteiger partial charge in [0.2, 0.25) is 0 Å². The second kappa shape index (κ2) is 9.66. The van der Waals surface area contributed by atoms with Crippen molar-refractivity contribution in [2.75, 3.05) is 4.90 Å². The second-order valence-electron chi connectivity index (χ2n) is 12.1. The molecule has 2 nitrogen and oxygen atoms in total. The van der Waals surface area contributed by atoms with E-state index in [0.717, 1.165) is 39.0 Å². The molecule has 0 aliphatic rings. The first-order valence-corrected chi connectivity index (χ1v) is 18.1. The third-order valence-corrected chi connectivity index (χ3v) is 12.9. The summed E-state index contributed by atoms with van der Waals surface area (Å²) in [5.41, 5.74) is 5.26. The molecule has 0 saturated carbocycles. The average molecular weight is 654 g/mol. The average Bonchev–Trinajstić information content (AvgIpc) is 3.88. The number of furan rings is 1. The molecule has 220 valence electrons. The molecule has 7 aromatic carbocycles. The monoisotopic (exact) mass is 653 g/mol. The van der Waals surface area contributed by atoms with Crippen LogP contribution in [0.5, 0.6) is 0 Å². The van der Waals surface area contributed by atoms with Crippen LogP contribution < -0.4 is 4.90 Å². The number of nitrogens with zero attached hydrogens (tertiary/aromatic N) is 1. The van der Waals surface area contributed by atoms with E-state index in [-0.39, 0.29) is 0 Å². The van der Waals surface area contributed by atoms with E-state index >= 15 is 0 Å². The zero-order valence-electron chi connectivity index (χ0n) is 24.9. The third-order valence-electron chi connectivity index (χ3n) is 9.45. The van der Waals surface area contributed by atoms with Crippen molar-refractivity contribution in [1.82, 2.24) is 0 Å². The Kier molecular flexibility index (Phi) is 5.33. The van der Waals surface area contributed by atoms with Crippen molar-refractivity contribution in [2.45, 2.75) is 0 Å². The Morgan fingerprint density at radius 3 is 1.51 bits per heavy atom. The Morgan fingerprint density at radius 2 is 0.894 bits per heavy atom. The minimum atomic E-state index is 0.911. The molecule has 0 amide bonds. The molecule has 0 spiro atoms. The minimum Gasteiger partial charge on any atom is -0.454 e. The van der Waals surface area contributed by atoms with Crippen molar-refractivity contribution in [3.63, 3.8) is 0 Å². The largest absolute Gasteiger partial charge is 0.454 e. The van der Waals surface area contributed by atoms with Crippen LogP contribution in [-0.4, -0.2) is 0 Å². The van der Waals surface area contributed by atoms with Gasteiger partial charge in [0.05, 0.1) is 15.8 Å². The molecule has 0 fully saturated rings. The molecule has 0 N–H and O–H groups in total. The number of rotatable bonds is 3. The molecule has 5 heteroatoms. The van der Waals surface area contributed by atoms with Crippen LogP contribution in [0.25, 0.3) is 82.5 Å². The zero-order valence-corrected chi connectivity index (χ0v) is 27.3. The van der Waals surface area contributed by atoms with E-state index in [1.54, 1.807) is 0 Å². The molecule has 0 saturated heterocycles. The molecule has 0 radical (unpaired) electrons. The van der Waals surface area contributed by atoms with Crippen LogP contribution in [-0.2, 0) is 0 Å². The van der Waals surface area contributed by atoms with E-state index in [1.165, 1.54) is 60.5 Å². The maximum absolute atomic E-state index is 6.77. The maximum atomic E-state index is 6.77. The van der Waals surface area contributed by atoms with Gasteiger partial charge in [-0.25, -0.2) is 0 Å². The normalized spacial score (nSPS) is 12.3. The Balaban J connectivity index is 1.28. The molecular weight excluding hydrogens is 631 g/mol. The van der Waals surface area contributed by atoms with Gasteiger partial charge in [-0.05, 0) is 54.6 Å². The molecule has 47 heavy (non-hydrogen) atoms. The molecule has 4 aromatic heterocycles. The molecule has 11 aromatic rings. The third kappa shape index (κ3) is 3.70. The minimum absolute atomic E-state index is 0.911. The Labute approximate surface area is 280 Å². The van der Waals surface area contributed by atoms with Crippen molar-refractivity contribution in [3.05, 3.63) is 140 Å². The molecule has 0 atom stereocenters. The van der Waals surface area contributed by atoms with Gasteiger partial charge in [-0.1, -0.05) is 84.9 Å². The van der Waals surface area contributed by atoms with Gasteiger partial charge in [0.25, 0.3) is 0 Å². The number of para-hydroxylation sites is 1. The highest BCUT2D eigenvalue weighted by atomic mass is 32.1. The number of thiophene rings is 3. The van der Waals surface area contributed by atoms with Crippen molar-refractivity contribution < 1.29 is 4.42 Å². The summed E-state index contributed by atoms with van der Waals surface area (Å²) in [6.07, 6.45) is 0. The van der Waals surface area contributed by atoms with Gasteiger partial charge in [0.15, 0.2) is 5.58 Å². The van der Waals surface area contributed by atoms with Crippen LogP contribution in [0, 0.1) is 0 Å². The highest BCUT2D eigenvalue weighted by molar-refractivity contribution is 7.27. The van der Waals surface area contributed by atoms with Gasteiger partial charge >= 0.3 is 0 Å². The summed E-state index contributed by atoms with van der Waals surface area (Å²) in [5, 5.41) is 9.98. The van der Waals surface area contributed by atoms with E-state index in [2.05, 4.69) is 144 Å². The fraction of sp³-hybridized carbons (Fsp3) is 0. The molecule has 11 rings (SSSR count). The first-order valence-electron chi connectivity index (χ1n) is 15.7. The molecular formula is C42H23NOS3. The summed E-state index contributed by atoms with van der Waals surface area (Å²) in [4.78, 5) is 2.46. The molecule has 0 aliphatic heterocycles. The number of anilines is 3. The smallest absolute Gasteiger partial charge is 0.155 e. The quantitative estimate of drug-likeness (QED) is 0.189. The lowest BCUT2D eigenvalue weighted by molar-refractivity contribution is 0.673. The summed E-state index contributed by atoms with van der Waals surface area (Å²) < 4.78 is 14.4. The van der Waals surface area contributed by atoms with Crippen molar-refractivity contribution >= 4 is 134 Å². The van der Waals surface area contributed by atoms with E-state index < -0.39 is 0 Å². The second-order valence-corrected chi connectivity index (χ2v) is 15.3. The number of hydrogen-bond donors (Lipinski definition) is 0. The highest BCUT2D eigenvalue weighted by Crippen LogP contribution is 2.51. The summed E-state index contributed by atoms with van der Waals surface area (Å²) in [6, 6.07) is 51.0. The fourth-order valence-electron chi connectivity index (χ4n) is 7.36. The fourth-order valence-corrected chi connectivity index (χ4v) is 10.8. The van der Waals surface area contributed by atoms with E-state index in [9.17, 15) is 0 Å². The molecule has 0 aliphatic carbocycles. The number of fused-ring (bicyclic) bond motifs is 13. The summed E-state index contributed by atoms with van der Waals surface area (Å²) in [7, 11) is 0. The van der Waals surface area contributed by atoms with E-state index in [4.69, 9.17) is 4.42 Å². The van der Waals surface area contributed by atoms with Gasteiger partial charge in [-0.2, -0.15) is 0 Å². The summed E-state index contributed by atoms with van der Waals surface area (Å²) >= 11 is 5.54. The van der Waals surface area contributed by atoms with Crippen LogP contribution in [0.4, 0.5) is 17.1 Å². The van der Waals surface area contributed by atoms with Gasteiger partial charge in [-0.15, -0.1) is 34.0 Å². The summed E-state index contributed by atoms with van der Waals surface area (Å²) in [5.74, 6) is 0. The van der Waals surface area contributed by atoms with Crippen LogP contribution in [0.3, 0.4) is 0 Å². The van der Waals surface area contributed by atoms with Crippen LogP contribution >= 0.6 is 34.0 Å². The first kappa shape index (κ1) is 25.9. The van der Waals surface area contributed by atoms with Crippen LogP contribution in [0.2, 0.25) is 0 Å². The zero-order chi connectivity index (χ0) is 30.6. The molecule has 0 unspecified atom stereocenters. The van der Waals surface area contributed by atoms with Crippen LogP contribution in [0.15, 0.2) is 144 Å². The van der Waals surface area contributed by atoms with Gasteiger partial charge in [0.1, 0.15) is 5.58 Å². The van der Waals surface area contributed by atoms with Gasteiger partial charge in [-0.3, -0.25) is 0 Å². The highest BCUT2D eigenvalue weighted by Gasteiger charge is 2.24. The lowest BCUT2D eigenvalue weighted by atomic mass is 10.0. The Morgan fingerprint density at radius 1 is 0.404 bits per heavy atom. The lowest BCUT2D eigenvalue weighted by Crippen LogP contribution is -2.10. The first-order chi connectivity index (χ1) is 23.3. The number of benzene rings is 7. The van der Waals surface area contributed by atoms with Crippen molar-refractivity contribution in [2.24, 2.45) is 0 Å². The van der Waals surface area contributed by atoms with Crippen LogP contribution in [0.1, 0.15) is 0 Å². The lowest BCUT2D eigenvalue weighted by Gasteiger charge is -2.27. The SMILES string of the molecule is c1ccc2c(c1)oc1c3sc4ccccc4c3cc(N(c3ccc4c(c3)sc3ccccc34)c3ccc4c(c3)sc3ccccc34)c21. The summed E-state index contributed by atoms with van der Waals surface area (Å²) in [6.45, 7) is 0. The Hall–Kier alpha value is -5.20. The predicted molar refractivity (Wildman–Crippen MR) is 207 cm³/mol. The standard InChI is InChI=1S/C42H23NOS3/c1-5-13-34-31(12-1)40-33(23-32-28-11-4-8-16-37(28)47-42(32)41(40)44-34)43(24-17-19-29-26-9-2-6-14-35(26)45-38(29)21-24)25-18-20-30-27-10-3-7-15-36(27)46-39(30)22-25/h1-23H. The molecule has 0 bridgehead atoms. The van der Waals surface area contributed by atoms with E-state index in [1.807, 2.05) is 34.0 Å². The predicted octanol–water partition coefficient (Wildman–Crippen LogP) is 14.2. The van der Waals surface area contributed by atoms with Crippen molar-refractivity contribution in [3.8, 4) is 0 Å².